The summed E-state index contributed by atoms with van der Waals surface area (Å²) in [7, 11) is 0. The van der Waals surface area contributed by atoms with E-state index in [0.29, 0.717) is 6.61 Å². The van der Waals surface area contributed by atoms with E-state index in [4.69, 9.17) is 4.74 Å². The Hall–Kier alpha value is -2.13. The zero-order valence-corrected chi connectivity index (χ0v) is 11.9. The van der Waals surface area contributed by atoms with Gasteiger partial charge in [-0.05, 0) is 24.0 Å². The van der Waals surface area contributed by atoms with Crippen molar-refractivity contribution in [2.24, 2.45) is 0 Å². The SMILES string of the molecule is O=C(NC(c1ccccc1)c1ccccc1)[C@H]1CCCO1. The normalized spacial score (nSPS) is 17.9. The molecule has 0 saturated carbocycles. The molecule has 2 aromatic carbocycles. The first-order valence-electron chi connectivity index (χ1n) is 7.36. The highest BCUT2D eigenvalue weighted by Crippen LogP contribution is 2.23. The first-order valence-corrected chi connectivity index (χ1v) is 7.36. The van der Waals surface area contributed by atoms with Gasteiger partial charge >= 0.3 is 0 Å². The van der Waals surface area contributed by atoms with Gasteiger partial charge in [-0.25, -0.2) is 0 Å². The monoisotopic (exact) mass is 281 g/mol. The molecule has 0 spiro atoms. The summed E-state index contributed by atoms with van der Waals surface area (Å²) in [5.41, 5.74) is 2.16. The number of ether oxygens (including phenoxy) is 1. The van der Waals surface area contributed by atoms with Gasteiger partial charge in [-0.2, -0.15) is 0 Å². The molecule has 0 unspecified atom stereocenters. The van der Waals surface area contributed by atoms with Crippen LogP contribution < -0.4 is 5.32 Å². The molecule has 1 aliphatic heterocycles. The smallest absolute Gasteiger partial charge is 0.249 e. The molecule has 2 aromatic rings. The minimum absolute atomic E-state index is 0.0230. The van der Waals surface area contributed by atoms with Crippen LogP contribution in [0.25, 0.3) is 0 Å². The second kappa shape index (κ2) is 6.55. The third kappa shape index (κ3) is 3.31. The number of hydrogen-bond acceptors (Lipinski definition) is 2. The largest absolute Gasteiger partial charge is 0.368 e. The van der Waals surface area contributed by atoms with Gasteiger partial charge in [0.25, 0.3) is 0 Å². The zero-order valence-electron chi connectivity index (χ0n) is 11.9. The fourth-order valence-electron chi connectivity index (χ4n) is 2.67. The molecule has 0 radical (unpaired) electrons. The molecule has 1 fully saturated rings. The molecule has 3 rings (SSSR count). The van der Waals surface area contributed by atoms with Crippen LogP contribution in [0.15, 0.2) is 60.7 Å². The Morgan fingerprint density at radius 1 is 1.00 bits per heavy atom. The topological polar surface area (TPSA) is 38.3 Å². The van der Waals surface area contributed by atoms with E-state index in [1.165, 1.54) is 0 Å². The Balaban J connectivity index is 1.84. The lowest BCUT2D eigenvalue weighted by atomic mass is 9.98. The van der Waals surface area contributed by atoms with Gasteiger partial charge in [0.15, 0.2) is 0 Å². The van der Waals surface area contributed by atoms with Gasteiger partial charge in [0, 0.05) is 6.61 Å². The standard InChI is InChI=1S/C18H19NO2/c20-18(16-12-7-13-21-16)19-17(14-8-3-1-4-9-14)15-10-5-2-6-11-15/h1-6,8-11,16-17H,7,12-13H2,(H,19,20)/t16-/m1/s1. The second-order valence-corrected chi connectivity index (χ2v) is 5.26. The number of carbonyl (C=O) groups is 1. The highest BCUT2D eigenvalue weighted by atomic mass is 16.5. The maximum Gasteiger partial charge on any atom is 0.249 e. The molecular formula is C18H19NO2. The van der Waals surface area contributed by atoms with Crippen LogP contribution in [0.2, 0.25) is 0 Å². The summed E-state index contributed by atoms with van der Waals surface area (Å²) in [6, 6.07) is 19.9. The van der Waals surface area contributed by atoms with E-state index < -0.39 is 0 Å². The molecular weight excluding hydrogens is 262 g/mol. The molecule has 1 saturated heterocycles. The molecule has 3 nitrogen and oxygen atoms in total. The highest BCUT2D eigenvalue weighted by molar-refractivity contribution is 5.81. The Morgan fingerprint density at radius 2 is 1.57 bits per heavy atom. The molecule has 1 aliphatic rings. The number of rotatable bonds is 4. The van der Waals surface area contributed by atoms with Gasteiger partial charge < -0.3 is 10.1 Å². The number of benzene rings is 2. The van der Waals surface area contributed by atoms with E-state index in [1.54, 1.807) is 0 Å². The lowest BCUT2D eigenvalue weighted by Gasteiger charge is -2.21. The first-order chi connectivity index (χ1) is 10.3. The van der Waals surface area contributed by atoms with Crippen LogP contribution in [-0.4, -0.2) is 18.6 Å². The molecule has 108 valence electrons. The van der Waals surface area contributed by atoms with E-state index in [9.17, 15) is 4.79 Å². The summed E-state index contributed by atoms with van der Waals surface area (Å²) < 4.78 is 5.48. The number of hydrogen-bond donors (Lipinski definition) is 1. The van der Waals surface area contributed by atoms with Crippen LogP contribution in [0.3, 0.4) is 0 Å². The number of nitrogens with one attached hydrogen (secondary N) is 1. The Morgan fingerprint density at radius 3 is 2.05 bits per heavy atom. The van der Waals surface area contributed by atoms with Gasteiger partial charge in [-0.3, -0.25) is 4.79 Å². The molecule has 1 amide bonds. The number of amides is 1. The predicted octanol–water partition coefficient (Wildman–Crippen LogP) is 3.07. The van der Waals surface area contributed by atoms with Crippen molar-refractivity contribution in [1.82, 2.24) is 5.32 Å². The second-order valence-electron chi connectivity index (χ2n) is 5.26. The van der Waals surface area contributed by atoms with Gasteiger partial charge in [0.1, 0.15) is 6.10 Å². The van der Waals surface area contributed by atoms with E-state index >= 15 is 0 Å². The third-order valence-corrected chi connectivity index (χ3v) is 3.77. The molecule has 1 atom stereocenters. The van der Waals surface area contributed by atoms with E-state index in [-0.39, 0.29) is 18.1 Å². The van der Waals surface area contributed by atoms with Gasteiger partial charge in [0.2, 0.25) is 5.91 Å². The first kappa shape index (κ1) is 13.8. The average molecular weight is 281 g/mol. The fourth-order valence-corrected chi connectivity index (χ4v) is 2.67. The Bertz CT molecular complexity index is 537. The molecule has 0 aromatic heterocycles. The lowest BCUT2D eigenvalue weighted by molar-refractivity contribution is -0.130. The maximum absolute atomic E-state index is 12.4. The van der Waals surface area contributed by atoms with Crippen LogP contribution in [-0.2, 0) is 9.53 Å². The predicted molar refractivity (Wildman–Crippen MR) is 81.8 cm³/mol. The van der Waals surface area contributed by atoms with Crippen LogP contribution in [0.4, 0.5) is 0 Å². The van der Waals surface area contributed by atoms with Crippen LogP contribution >= 0.6 is 0 Å². The van der Waals surface area contributed by atoms with Crippen molar-refractivity contribution in [1.29, 1.82) is 0 Å². The summed E-state index contributed by atoms with van der Waals surface area (Å²) in [5, 5.41) is 3.13. The highest BCUT2D eigenvalue weighted by Gasteiger charge is 2.26. The molecule has 21 heavy (non-hydrogen) atoms. The summed E-state index contributed by atoms with van der Waals surface area (Å²) >= 11 is 0. The lowest BCUT2D eigenvalue weighted by Crippen LogP contribution is -2.37. The third-order valence-electron chi connectivity index (χ3n) is 3.77. The summed E-state index contributed by atoms with van der Waals surface area (Å²) in [4.78, 5) is 12.4. The number of carbonyl (C=O) groups excluding carboxylic acids is 1. The molecule has 0 aliphatic carbocycles. The van der Waals surface area contributed by atoms with Crippen LogP contribution in [0, 0.1) is 0 Å². The van der Waals surface area contributed by atoms with E-state index in [1.807, 2.05) is 60.7 Å². The summed E-state index contributed by atoms with van der Waals surface area (Å²) in [6.45, 7) is 0.680. The molecule has 0 bridgehead atoms. The van der Waals surface area contributed by atoms with Crippen molar-refractivity contribution in [3.05, 3.63) is 71.8 Å². The van der Waals surface area contributed by atoms with Gasteiger partial charge in [-0.1, -0.05) is 60.7 Å². The minimum Gasteiger partial charge on any atom is -0.368 e. The molecule has 1 heterocycles. The van der Waals surface area contributed by atoms with Crippen LogP contribution in [0.1, 0.15) is 30.0 Å². The van der Waals surface area contributed by atoms with Crippen molar-refractivity contribution < 1.29 is 9.53 Å². The Labute approximate surface area is 124 Å². The quantitative estimate of drug-likeness (QED) is 0.935. The maximum atomic E-state index is 12.4. The van der Waals surface area contributed by atoms with Crippen LogP contribution in [0.5, 0.6) is 0 Å². The van der Waals surface area contributed by atoms with Crippen molar-refractivity contribution in [2.45, 2.75) is 25.0 Å². The van der Waals surface area contributed by atoms with Gasteiger partial charge in [0.05, 0.1) is 6.04 Å². The molecule has 1 N–H and O–H groups in total. The van der Waals surface area contributed by atoms with Crippen molar-refractivity contribution in [3.63, 3.8) is 0 Å². The summed E-state index contributed by atoms with van der Waals surface area (Å²) in [5.74, 6) is -0.0230. The van der Waals surface area contributed by atoms with E-state index in [2.05, 4.69) is 5.32 Å². The fraction of sp³-hybridized carbons (Fsp3) is 0.278. The van der Waals surface area contributed by atoms with Crippen molar-refractivity contribution in [3.8, 4) is 0 Å². The van der Waals surface area contributed by atoms with Crippen molar-refractivity contribution >= 4 is 5.91 Å². The molecule has 3 heteroatoms. The average Bonchev–Trinajstić information content (AvgIpc) is 3.09. The van der Waals surface area contributed by atoms with E-state index in [0.717, 1.165) is 24.0 Å². The zero-order chi connectivity index (χ0) is 14.5. The summed E-state index contributed by atoms with van der Waals surface area (Å²) in [6.07, 6.45) is 1.46. The van der Waals surface area contributed by atoms with Gasteiger partial charge in [-0.15, -0.1) is 0 Å². The Kier molecular flexibility index (Phi) is 4.31. The van der Waals surface area contributed by atoms with Crippen molar-refractivity contribution in [2.75, 3.05) is 6.61 Å². The minimum atomic E-state index is -0.306.